The van der Waals surface area contributed by atoms with Crippen LogP contribution >= 0.6 is 0 Å². The maximum Gasteiger partial charge on any atom is 0.407 e. The predicted molar refractivity (Wildman–Crippen MR) is 118 cm³/mol. The van der Waals surface area contributed by atoms with E-state index in [9.17, 15) is 19.5 Å². The van der Waals surface area contributed by atoms with E-state index in [1.54, 1.807) is 29.4 Å². The number of rotatable bonds is 7. The molecule has 3 aromatic rings. The predicted octanol–water partition coefficient (Wildman–Crippen LogP) is 0.191. The van der Waals surface area contributed by atoms with E-state index in [-0.39, 0.29) is 42.9 Å². The van der Waals surface area contributed by atoms with Crippen molar-refractivity contribution in [1.82, 2.24) is 28.8 Å². The number of aromatic nitrogens is 5. The van der Waals surface area contributed by atoms with Gasteiger partial charge in [-0.15, -0.1) is 0 Å². The number of hydrogen-bond acceptors (Lipinski definition) is 9. The van der Waals surface area contributed by atoms with E-state index < -0.39 is 18.1 Å². The van der Waals surface area contributed by atoms with E-state index in [2.05, 4.69) is 20.0 Å². The van der Waals surface area contributed by atoms with E-state index in [0.29, 0.717) is 35.7 Å². The van der Waals surface area contributed by atoms with E-state index in [1.165, 1.54) is 18.6 Å². The van der Waals surface area contributed by atoms with Gasteiger partial charge < -0.3 is 24.6 Å². The number of carbonyl (C=O) groups is 2. The van der Waals surface area contributed by atoms with Crippen LogP contribution in [0.5, 0.6) is 0 Å². The maximum absolute atomic E-state index is 13.5. The van der Waals surface area contributed by atoms with Crippen LogP contribution in [0.2, 0.25) is 0 Å². The van der Waals surface area contributed by atoms with Crippen LogP contribution in [0.25, 0.3) is 16.9 Å². The van der Waals surface area contributed by atoms with E-state index >= 15 is 0 Å². The molecule has 1 amide bonds. The van der Waals surface area contributed by atoms with Gasteiger partial charge in [-0.1, -0.05) is 0 Å². The summed E-state index contributed by atoms with van der Waals surface area (Å²) in [5.41, 5.74) is 1.69. The summed E-state index contributed by atoms with van der Waals surface area (Å²) in [6.07, 6.45) is 2.07. The summed E-state index contributed by atoms with van der Waals surface area (Å²) in [7, 11) is 4.22. The van der Waals surface area contributed by atoms with Gasteiger partial charge in [-0.3, -0.25) is 13.9 Å². The minimum absolute atomic E-state index is 0.0630. The van der Waals surface area contributed by atoms with Crippen molar-refractivity contribution >= 4 is 29.0 Å². The largest absolute Gasteiger partial charge is 0.467 e. The average molecular weight is 476 g/mol. The number of nitrogens with one attached hydrogen (secondary N) is 1. The number of imidazole rings is 2. The zero-order valence-electron chi connectivity index (χ0n) is 19.5. The fourth-order valence-electron chi connectivity index (χ4n) is 4.43. The van der Waals surface area contributed by atoms with E-state index in [0.717, 1.165) is 0 Å². The Kier molecular flexibility index (Phi) is 6.57. The molecule has 0 saturated carbocycles. The van der Waals surface area contributed by atoms with Gasteiger partial charge in [0.05, 0.1) is 44.6 Å². The van der Waals surface area contributed by atoms with Crippen LogP contribution in [-0.4, -0.2) is 73.6 Å². The SMILES string of the molecule is COC(=O)NC(CCc1c(C)nc2n(C)c3c(ncn3C3CCC(CO)O3)c(=O)n12)C(=O)OC. The van der Waals surface area contributed by atoms with E-state index in [4.69, 9.17) is 9.47 Å². The molecule has 4 heterocycles. The number of aliphatic hydroxyl groups is 1. The van der Waals surface area contributed by atoms with Crippen molar-refractivity contribution in [2.75, 3.05) is 20.8 Å². The van der Waals surface area contributed by atoms with Gasteiger partial charge in [0.15, 0.2) is 11.2 Å². The van der Waals surface area contributed by atoms with Crippen LogP contribution in [-0.2, 0) is 32.5 Å². The highest BCUT2D eigenvalue weighted by atomic mass is 16.5. The normalized spacial score (nSPS) is 19.0. The monoisotopic (exact) mass is 476 g/mol. The number of fused-ring (bicyclic) bond motifs is 2. The Hall–Kier alpha value is -3.45. The Morgan fingerprint density at radius 2 is 2.09 bits per heavy atom. The third-order valence-electron chi connectivity index (χ3n) is 6.18. The van der Waals surface area contributed by atoms with Gasteiger partial charge in [-0.05, 0) is 32.6 Å². The summed E-state index contributed by atoms with van der Waals surface area (Å²) in [6.45, 7) is 1.72. The molecule has 3 aromatic heterocycles. The van der Waals surface area contributed by atoms with Crippen molar-refractivity contribution in [2.45, 2.75) is 51.0 Å². The minimum Gasteiger partial charge on any atom is -0.467 e. The van der Waals surface area contributed by atoms with Gasteiger partial charge in [-0.2, -0.15) is 0 Å². The van der Waals surface area contributed by atoms with Gasteiger partial charge in [0.1, 0.15) is 12.3 Å². The Labute approximate surface area is 194 Å². The second kappa shape index (κ2) is 9.43. The summed E-state index contributed by atoms with van der Waals surface area (Å²) in [6, 6.07) is -0.951. The lowest BCUT2D eigenvalue weighted by molar-refractivity contribution is -0.143. The van der Waals surface area contributed by atoms with Crippen LogP contribution in [0.1, 0.15) is 36.9 Å². The number of aryl methyl sites for hydroxylation is 3. The van der Waals surface area contributed by atoms with Crippen molar-refractivity contribution in [3.05, 3.63) is 28.1 Å². The quantitative estimate of drug-likeness (QED) is 0.455. The smallest absolute Gasteiger partial charge is 0.407 e. The first-order chi connectivity index (χ1) is 16.3. The number of aliphatic hydroxyl groups excluding tert-OH is 1. The Balaban J connectivity index is 1.73. The number of esters is 1. The number of carbonyl (C=O) groups excluding carboxylic acids is 2. The molecule has 3 unspecified atom stereocenters. The van der Waals surface area contributed by atoms with Gasteiger partial charge >= 0.3 is 12.1 Å². The van der Waals surface area contributed by atoms with Crippen LogP contribution in [0.3, 0.4) is 0 Å². The first-order valence-corrected chi connectivity index (χ1v) is 10.9. The van der Waals surface area contributed by atoms with Crippen LogP contribution in [0, 0.1) is 6.92 Å². The Morgan fingerprint density at radius 1 is 1.32 bits per heavy atom. The molecule has 1 saturated heterocycles. The summed E-state index contributed by atoms with van der Waals surface area (Å²) in [5, 5.41) is 11.8. The number of amides is 1. The van der Waals surface area contributed by atoms with Gasteiger partial charge in [0.25, 0.3) is 5.56 Å². The third kappa shape index (κ3) is 4.01. The number of methoxy groups -OCH3 is 2. The van der Waals surface area contributed by atoms with Crippen LogP contribution < -0.4 is 10.9 Å². The lowest BCUT2D eigenvalue weighted by Crippen LogP contribution is -2.41. The maximum atomic E-state index is 13.5. The molecule has 1 aliphatic heterocycles. The first-order valence-electron chi connectivity index (χ1n) is 10.9. The Bertz CT molecular complexity index is 1290. The fraction of sp³-hybridized carbons (Fsp3) is 0.571. The van der Waals surface area contributed by atoms with Crippen molar-refractivity contribution in [1.29, 1.82) is 0 Å². The number of ether oxygens (including phenoxy) is 3. The average Bonchev–Trinajstić information content (AvgIpc) is 3.56. The molecule has 34 heavy (non-hydrogen) atoms. The molecule has 0 aliphatic carbocycles. The Morgan fingerprint density at radius 3 is 2.74 bits per heavy atom. The van der Waals surface area contributed by atoms with E-state index in [1.807, 2.05) is 0 Å². The summed E-state index contributed by atoms with van der Waals surface area (Å²) in [4.78, 5) is 46.2. The zero-order chi connectivity index (χ0) is 24.6. The number of hydrogen-bond donors (Lipinski definition) is 2. The number of nitrogens with zero attached hydrogens (tertiary/aromatic N) is 5. The molecule has 13 nitrogen and oxygen atoms in total. The zero-order valence-corrected chi connectivity index (χ0v) is 19.5. The molecule has 13 heteroatoms. The fourth-order valence-corrected chi connectivity index (χ4v) is 4.43. The standard InChI is InChI=1S/C21H28N6O7/c1-11-14(7-6-13(19(30)32-3)24-21(31)33-4)27-18(29)16-17(25(2)20(27)23-11)26(10-22-16)15-8-5-12(9-28)34-15/h10,12-13,15,28H,5-9H2,1-4H3,(H,24,31). The molecule has 0 aromatic carbocycles. The molecular formula is C21H28N6O7. The molecule has 1 aliphatic rings. The molecule has 0 radical (unpaired) electrons. The lowest BCUT2D eigenvalue weighted by Gasteiger charge is -2.17. The summed E-state index contributed by atoms with van der Waals surface area (Å²) < 4.78 is 20.3. The van der Waals surface area contributed by atoms with Crippen LogP contribution in [0.4, 0.5) is 4.79 Å². The van der Waals surface area contributed by atoms with Gasteiger partial charge in [0, 0.05) is 7.05 Å². The third-order valence-corrected chi connectivity index (χ3v) is 6.18. The topological polar surface area (TPSA) is 151 Å². The summed E-state index contributed by atoms with van der Waals surface area (Å²) >= 11 is 0. The summed E-state index contributed by atoms with van der Waals surface area (Å²) in [5.74, 6) is -0.206. The molecule has 184 valence electrons. The first kappa shape index (κ1) is 23.7. The van der Waals surface area contributed by atoms with Crippen molar-refractivity contribution in [3.8, 4) is 0 Å². The minimum atomic E-state index is -0.951. The van der Waals surface area contributed by atoms with Gasteiger partial charge in [0.2, 0.25) is 5.78 Å². The van der Waals surface area contributed by atoms with Gasteiger partial charge in [-0.25, -0.2) is 24.0 Å². The highest BCUT2D eigenvalue weighted by Gasteiger charge is 2.29. The molecule has 0 spiro atoms. The molecule has 1 fully saturated rings. The van der Waals surface area contributed by atoms with Crippen molar-refractivity contribution < 1.29 is 28.9 Å². The van der Waals surface area contributed by atoms with Crippen molar-refractivity contribution in [2.24, 2.45) is 7.05 Å². The van der Waals surface area contributed by atoms with Crippen LogP contribution in [0.15, 0.2) is 11.1 Å². The molecule has 0 bridgehead atoms. The highest BCUT2D eigenvalue weighted by molar-refractivity contribution is 5.81. The molecular weight excluding hydrogens is 448 g/mol. The highest BCUT2D eigenvalue weighted by Crippen LogP contribution is 2.30. The van der Waals surface area contributed by atoms with Crippen molar-refractivity contribution in [3.63, 3.8) is 0 Å². The molecule has 3 atom stereocenters. The lowest BCUT2D eigenvalue weighted by atomic mass is 10.1. The second-order valence-corrected chi connectivity index (χ2v) is 8.19. The molecule has 2 N–H and O–H groups in total. The number of alkyl carbamates (subject to hydrolysis) is 1. The second-order valence-electron chi connectivity index (χ2n) is 8.19. The molecule has 4 rings (SSSR count).